The van der Waals surface area contributed by atoms with Gasteiger partial charge in [0.05, 0.1) is 6.10 Å². The normalized spacial score (nSPS) is 22.6. The lowest BCUT2D eigenvalue weighted by Gasteiger charge is -2.43. The van der Waals surface area contributed by atoms with E-state index in [0.717, 1.165) is 67.2 Å². The first-order valence-electron chi connectivity index (χ1n) is 12.0. The summed E-state index contributed by atoms with van der Waals surface area (Å²) in [7, 11) is 0. The summed E-state index contributed by atoms with van der Waals surface area (Å²) in [4.78, 5) is 12.9. The van der Waals surface area contributed by atoms with Crippen LogP contribution in [0.2, 0.25) is 0 Å². The Morgan fingerprint density at radius 1 is 1.19 bits per heavy atom. The van der Waals surface area contributed by atoms with Crippen LogP contribution in [0.5, 0.6) is 5.75 Å². The number of furan rings is 1. The van der Waals surface area contributed by atoms with E-state index in [-0.39, 0.29) is 11.5 Å². The van der Waals surface area contributed by atoms with Gasteiger partial charge in [-0.15, -0.1) is 0 Å². The number of hydrogen-bond donors (Lipinski definition) is 2. The van der Waals surface area contributed by atoms with E-state index in [1.54, 1.807) is 0 Å². The van der Waals surface area contributed by atoms with Gasteiger partial charge in [0, 0.05) is 29.5 Å². The van der Waals surface area contributed by atoms with Gasteiger partial charge in [-0.2, -0.15) is 0 Å². The van der Waals surface area contributed by atoms with E-state index in [4.69, 9.17) is 9.15 Å². The van der Waals surface area contributed by atoms with Crippen molar-refractivity contribution >= 4 is 16.9 Å². The summed E-state index contributed by atoms with van der Waals surface area (Å²) in [6, 6.07) is 3.77. The highest BCUT2D eigenvalue weighted by Gasteiger charge is 2.42. The van der Waals surface area contributed by atoms with Crippen LogP contribution in [0.1, 0.15) is 98.4 Å². The minimum atomic E-state index is -0.601. The maximum absolute atomic E-state index is 12.9. The molecule has 0 unspecified atom stereocenters. The van der Waals surface area contributed by atoms with Gasteiger partial charge < -0.3 is 19.6 Å². The van der Waals surface area contributed by atoms with Crippen molar-refractivity contribution in [2.45, 2.75) is 89.3 Å². The second-order valence-corrected chi connectivity index (χ2v) is 9.59. The van der Waals surface area contributed by atoms with Crippen LogP contribution in [-0.2, 0) is 0 Å². The maximum atomic E-state index is 12.9. The molecule has 2 aromatic rings. The summed E-state index contributed by atoms with van der Waals surface area (Å²) >= 11 is 0. The van der Waals surface area contributed by atoms with Crippen molar-refractivity contribution in [3.8, 4) is 5.75 Å². The molecule has 0 bridgehead atoms. The Labute approximate surface area is 183 Å². The number of rotatable bonds is 4. The molecule has 2 N–H and O–H groups in total. The van der Waals surface area contributed by atoms with Crippen molar-refractivity contribution in [2.75, 3.05) is 6.54 Å². The summed E-state index contributed by atoms with van der Waals surface area (Å²) in [5.74, 6) is 0.897. The molecule has 1 aromatic carbocycles. The highest BCUT2D eigenvalue weighted by molar-refractivity contribution is 6.00. The molecule has 0 radical (unpaired) electrons. The lowest BCUT2D eigenvalue weighted by atomic mass is 9.77. The molecule has 0 saturated heterocycles. The van der Waals surface area contributed by atoms with Crippen molar-refractivity contribution in [3.63, 3.8) is 0 Å². The lowest BCUT2D eigenvalue weighted by molar-refractivity contribution is -0.0373. The molecule has 2 aliphatic carbocycles. The molecule has 5 heteroatoms. The summed E-state index contributed by atoms with van der Waals surface area (Å²) < 4.78 is 12.4. The number of carbonyl (C=O) groups excluding carboxylic acids is 1. The van der Waals surface area contributed by atoms with E-state index < -0.39 is 6.10 Å². The predicted octanol–water partition coefficient (Wildman–Crippen LogP) is 5.88. The quantitative estimate of drug-likeness (QED) is 0.602. The maximum Gasteiger partial charge on any atom is 0.287 e. The van der Waals surface area contributed by atoms with Gasteiger partial charge in [-0.3, -0.25) is 4.79 Å². The highest BCUT2D eigenvalue weighted by atomic mass is 16.5. The van der Waals surface area contributed by atoms with E-state index in [0.29, 0.717) is 24.3 Å². The Balaban J connectivity index is 1.38. The molecule has 1 atom stereocenters. The Bertz CT molecular complexity index is 1010. The molecule has 2 heterocycles. The molecule has 5 nitrogen and oxygen atoms in total. The molecular formula is C26H33NO4. The number of amides is 1. The average molecular weight is 424 g/mol. The van der Waals surface area contributed by atoms with Crippen LogP contribution >= 0.6 is 0 Å². The van der Waals surface area contributed by atoms with Gasteiger partial charge in [-0.05, 0) is 76.8 Å². The third-order valence-corrected chi connectivity index (χ3v) is 7.41. The summed E-state index contributed by atoms with van der Waals surface area (Å²) in [5, 5.41) is 15.0. The number of benzene rings is 1. The fourth-order valence-electron chi connectivity index (χ4n) is 5.77. The van der Waals surface area contributed by atoms with Crippen LogP contribution in [0.25, 0.3) is 11.0 Å². The molecule has 1 amide bonds. The SMILES string of the molecule is Cc1c(C(=O)NCCC2=CCCCC2)oc2ccc3c(c12)[C@H](O)CC1(CCCCC1)O3. The molecule has 1 fully saturated rings. The zero-order valence-electron chi connectivity index (χ0n) is 18.5. The van der Waals surface area contributed by atoms with Gasteiger partial charge >= 0.3 is 0 Å². The van der Waals surface area contributed by atoms with Gasteiger partial charge in [-0.25, -0.2) is 0 Å². The van der Waals surface area contributed by atoms with Crippen LogP contribution in [0.4, 0.5) is 0 Å². The summed E-state index contributed by atoms with van der Waals surface area (Å²) in [6.07, 6.45) is 13.6. The smallest absolute Gasteiger partial charge is 0.287 e. The zero-order chi connectivity index (χ0) is 21.4. The monoisotopic (exact) mass is 423 g/mol. The number of carbonyl (C=O) groups is 1. The number of hydrogen-bond acceptors (Lipinski definition) is 4. The molecule has 1 saturated carbocycles. The number of fused-ring (bicyclic) bond motifs is 3. The highest BCUT2D eigenvalue weighted by Crippen LogP contribution is 2.49. The average Bonchev–Trinajstić information content (AvgIpc) is 3.11. The van der Waals surface area contributed by atoms with Crippen LogP contribution in [0.3, 0.4) is 0 Å². The van der Waals surface area contributed by atoms with Crippen molar-refractivity contribution in [3.05, 3.63) is 40.7 Å². The van der Waals surface area contributed by atoms with Crippen LogP contribution in [0, 0.1) is 6.92 Å². The third-order valence-electron chi connectivity index (χ3n) is 7.41. The molecule has 1 spiro atoms. The lowest BCUT2D eigenvalue weighted by Crippen LogP contribution is -2.42. The van der Waals surface area contributed by atoms with E-state index in [2.05, 4.69) is 11.4 Å². The Kier molecular flexibility index (Phi) is 5.55. The van der Waals surface area contributed by atoms with E-state index >= 15 is 0 Å². The van der Waals surface area contributed by atoms with Gasteiger partial charge in [0.15, 0.2) is 5.76 Å². The fourth-order valence-corrected chi connectivity index (χ4v) is 5.77. The van der Waals surface area contributed by atoms with Gasteiger partial charge in [0.1, 0.15) is 16.9 Å². The summed E-state index contributed by atoms with van der Waals surface area (Å²) in [5.41, 5.74) is 3.40. The molecule has 31 heavy (non-hydrogen) atoms. The Morgan fingerprint density at radius 3 is 2.81 bits per heavy atom. The Hall–Kier alpha value is -2.27. The number of allylic oxidation sites excluding steroid dienone is 1. The standard InChI is InChI=1S/C26H33NO4/c1-17-22-20(30-24(17)25(29)27-15-12-18-8-4-2-5-9-18)10-11-21-23(22)19(28)16-26(31-21)13-6-3-7-14-26/h8,10-11,19,28H,2-7,9,12-16H2,1H3,(H,27,29)/t19-/m1/s1. The largest absolute Gasteiger partial charge is 0.487 e. The van der Waals surface area contributed by atoms with Crippen molar-refractivity contribution in [1.82, 2.24) is 5.32 Å². The number of nitrogens with one attached hydrogen (secondary N) is 1. The first kappa shape index (κ1) is 20.6. The number of ether oxygens (including phenoxy) is 1. The second-order valence-electron chi connectivity index (χ2n) is 9.59. The third kappa shape index (κ3) is 3.89. The van der Waals surface area contributed by atoms with Crippen LogP contribution in [-0.4, -0.2) is 23.2 Å². The van der Waals surface area contributed by atoms with Crippen molar-refractivity contribution < 1.29 is 19.1 Å². The molecule has 1 aromatic heterocycles. The van der Waals surface area contributed by atoms with Crippen LogP contribution < -0.4 is 10.1 Å². The van der Waals surface area contributed by atoms with Gasteiger partial charge in [0.25, 0.3) is 5.91 Å². The van der Waals surface area contributed by atoms with E-state index in [9.17, 15) is 9.90 Å². The minimum Gasteiger partial charge on any atom is -0.487 e. The first-order chi connectivity index (χ1) is 15.1. The molecule has 1 aliphatic heterocycles. The number of aliphatic hydroxyl groups excluding tert-OH is 1. The predicted molar refractivity (Wildman–Crippen MR) is 120 cm³/mol. The minimum absolute atomic E-state index is 0.186. The van der Waals surface area contributed by atoms with Crippen molar-refractivity contribution in [1.29, 1.82) is 0 Å². The van der Waals surface area contributed by atoms with E-state index in [1.807, 2.05) is 19.1 Å². The second kappa shape index (κ2) is 8.34. The topological polar surface area (TPSA) is 71.7 Å². The van der Waals surface area contributed by atoms with Gasteiger partial charge in [0.2, 0.25) is 0 Å². The van der Waals surface area contributed by atoms with Crippen molar-refractivity contribution in [2.24, 2.45) is 0 Å². The van der Waals surface area contributed by atoms with Crippen LogP contribution in [0.15, 0.2) is 28.2 Å². The molecule has 3 aliphatic rings. The molecular weight excluding hydrogens is 390 g/mol. The Morgan fingerprint density at radius 2 is 2.03 bits per heavy atom. The van der Waals surface area contributed by atoms with Gasteiger partial charge in [-0.1, -0.05) is 18.1 Å². The number of aryl methyl sites for hydroxylation is 1. The first-order valence-corrected chi connectivity index (χ1v) is 12.0. The summed E-state index contributed by atoms with van der Waals surface area (Å²) in [6.45, 7) is 2.52. The molecule has 166 valence electrons. The number of aliphatic hydroxyl groups is 1. The zero-order valence-corrected chi connectivity index (χ0v) is 18.5. The fraction of sp³-hybridized carbons (Fsp3) is 0.577. The van der Waals surface area contributed by atoms with E-state index in [1.165, 1.54) is 24.8 Å². The molecule has 5 rings (SSSR count).